The molecule has 7 heteroatoms. The number of tetrazole rings is 1. The second-order valence-electron chi connectivity index (χ2n) is 10.9. The van der Waals surface area contributed by atoms with Crippen molar-refractivity contribution in [3.05, 3.63) is 83.7 Å². The van der Waals surface area contributed by atoms with Gasteiger partial charge in [0.05, 0.1) is 6.04 Å². The molecule has 1 atom stereocenters. The molecule has 3 heterocycles. The zero-order valence-corrected chi connectivity index (χ0v) is 22.6. The lowest BCUT2D eigenvalue weighted by Gasteiger charge is -2.31. The first-order chi connectivity index (χ1) is 18.3. The number of carbonyl (C=O) groups excluding carboxylic acids is 1. The van der Waals surface area contributed by atoms with Crippen LogP contribution >= 0.6 is 0 Å². The van der Waals surface area contributed by atoms with Crippen molar-refractivity contribution in [2.24, 2.45) is 0 Å². The number of esters is 1. The third-order valence-electron chi connectivity index (χ3n) is 6.95. The number of H-pyrrole nitrogens is 1. The van der Waals surface area contributed by atoms with Gasteiger partial charge in [0.25, 0.3) is 0 Å². The lowest BCUT2D eigenvalue weighted by Crippen LogP contribution is -2.24. The van der Waals surface area contributed by atoms with Crippen LogP contribution in [0.25, 0.3) is 28.1 Å². The number of benzene rings is 2. The van der Waals surface area contributed by atoms with E-state index in [2.05, 4.69) is 74.6 Å². The maximum atomic E-state index is 12.6. The van der Waals surface area contributed by atoms with Crippen LogP contribution in [-0.2, 0) is 16.0 Å². The topological polar surface area (TPSA) is 85.7 Å². The Balaban J connectivity index is 1.48. The molecule has 0 spiro atoms. The summed E-state index contributed by atoms with van der Waals surface area (Å²) in [6, 6.07) is 21.6. The van der Waals surface area contributed by atoms with Gasteiger partial charge in [0, 0.05) is 23.0 Å². The lowest BCUT2D eigenvalue weighted by atomic mass is 9.91. The standard InChI is InChI=1S/C31H35N5O2/c1-5-6-9-24-17-19-28-23(20-29(37)38-31(2,3)4)16-18-27(36(24)28)22-14-12-21(13-15-22)25-10-7-8-11-26(25)30-32-34-35-33-30/h7-8,10-15,17,19-20,27H,5-6,9,16,18H2,1-4H3,(H,32,33,34,35). The number of nitrogens with zero attached hydrogens (tertiary/aromatic N) is 4. The molecule has 196 valence electrons. The Morgan fingerprint density at radius 2 is 1.84 bits per heavy atom. The first kappa shape index (κ1) is 25.6. The predicted octanol–water partition coefficient (Wildman–Crippen LogP) is 6.79. The number of carbonyl (C=O) groups is 1. The number of hydrogen-bond donors (Lipinski definition) is 1. The van der Waals surface area contributed by atoms with Crippen LogP contribution in [0.3, 0.4) is 0 Å². The highest BCUT2D eigenvalue weighted by Gasteiger charge is 2.27. The fourth-order valence-corrected chi connectivity index (χ4v) is 5.27. The molecule has 0 saturated heterocycles. The van der Waals surface area contributed by atoms with Crippen LogP contribution < -0.4 is 0 Å². The molecule has 4 aromatic rings. The van der Waals surface area contributed by atoms with Gasteiger partial charge in [0.2, 0.25) is 0 Å². The van der Waals surface area contributed by atoms with Gasteiger partial charge >= 0.3 is 5.97 Å². The predicted molar refractivity (Wildman–Crippen MR) is 149 cm³/mol. The Morgan fingerprint density at radius 3 is 2.53 bits per heavy atom. The molecule has 7 nitrogen and oxygen atoms in total. The first-order valence-corrected chi connectivity index (χ1v) is 13.4. The van der Waals surface area contributed by atoms with E-state index in [0.29, 0.717) is 5.82 Å². The molecule has 0 aliphatic carbocycles. The number of ether oxygens (including phenoxy) is 1. The van der Waals surface area contributed by atoms with Crippen molar-refractivity contribution in [2.75, 3.05) is 0 Å². The zero-order chi connectivity index (χ0) is 26.7. The summed E-state index contributed by atoms with van der Waals surface area (Å²) in [5.74, 6) is 0.373. The monoisotopic (exact) mass is 509 g/mol. The van der Waals surface area contributed by atoms with Crippen LogP contribution in [0.5, 0.6) is 0 Å². The van der Waals surface area contributed by atoms with Gasteiger partial charge in [-0.15, -0.1) is 5.10 Å². The smallest absolute Gasteiger partial charge is 0.331 e. The molecule has 2 aromatic heterocycles. The summed E-state index contributed by atoms with van der Waals surface area (Å²) in [6.07, 6.45) is 6.73. The molecular weight excluding hydrogens is 474 g/mol. The second-order valence-corrected chi connectivity index (χ2v) is 10.9. The first-order valence-electron chi connectivity index (χ1n) is 13.4. The highest BCUT2D eigenvalue weighted by atomic mass is 16.6. The molecule has 0 radical (unpaired) electrons. The Bertz CT molecular complexity index is 1430. The fourth-order valence-electron chi connectivity index (χ4n) is 5.27. The Hall–Kier alpha value is -4.00. The number of allylic oxidation sites excluding steroid dienone is 1. The maximum Gasteiger partial charge on any atom is 0.331 e. The number of rotatable bonds is 7. The zero-order valence-electron chi connectivity index (χ0n) is 22.6. The Morgan fingerprint density at radius 1 is 1.08 bits per heavy atom. The molecule has 5 rings (SSSR count). The van der Waals surface area contributed by atoms with Gasteiger partial charge in [0.15, 0.2) is 5.82 Å². The summed E-state index contributed by atoms with van der Waals surface area (Å²) in [5.41, 5.74) is 7.39. The van der Waals surface area contributed by atoms with Crippen molar-refractivity contribution < 1.29 is 9.53 Å². The molecule has 0 saturated carbocycles. The van der Waals surface area contributed by atoms with E-state index in [1.54, 1.807) is 6.08 Å². The summed E-state index contributed by atoms with van der Waals surface area (Å²) >= 11 is 0. The van der Waals surface area contributed by atoms with Crippen LogP contribution in [0.4, 0.5) is 0 Å². The summed E-state index contributed by atoms with van der Waals surface area (Å²) < 4.78 is 8.03. The Kier molecular flexibility index (Phi) is 7.27. The van der Waals surface area contributed by atoms with Crippen LogP contribution in [0.2, 0.25) is 0 Å². The van der Waals surface area contributed by atoms with Crippen LogP contribution in [0, 0.1) is 0 Å². The van der Waals surface area contributed by atoms with Crippen molar-refractivity contribution in [3.63, 3.8) is 0 Å². The number of fused-ring (bicyclic) bond motifs is 1. The van der Waals surface area contributed by atoms with E-state index in [1.807, 2.05) is 39.0 Å². The van der Waals surface area contributed by atoms with Gasteiger partial charge in [0.1, 0.15) is 5.60 Å². The summed E-state index contributed by atoms with van der Waals surface area (Å²) in [5, 5.41) is 14.5. The SMILES string of the molecule is CCCCc1ccc2n1C(c1ccc(-c3ccccc3-c3nnn[nH]3)cc1)CCC2=CC(=O)OC(C)(C)C. The van der Waals surface area contributed by atoms with E-state index < -0.39 is 5.60 Å². The normalized spacial score (nSPS) is 16.4. The van der Waals surface area contributed by atoms with Crippen LogP contribution in [0.15, 0.2) is 66.7 Å². The van der Waals surface area contributed by atoms with Gasteiger partial charge in [-0.3, -0.25) is 0 Å². The van der Waals surface area contributed by atoms with Gasteiger partial charge in [-0.25, -0.2) is 9.89 Å². The average Bonchev–Trinajstić information content (AvgIpc) is 3.58. The third kappa shape index (κ3) is 5.47. The average molecular weight is 510 g/mol. The molecule has 1 N–H and O–H groups in total. The fraction of sp³-hybridized carbons (Fsp3) is 0.355. The minimum atomic E-state index is -0.510. The van der Waals surface area contributed by atoms with E-state index in [-0.39, 0.29) is 12.0 Å². The highest BCUT2D eigenvalue weighted by Crippen LogP contribution is 2.40. The van der Waals surface area contributed by atoms with Crippen LogP contribution in [0.1, 0.15) is 76.4 Å². The number of hydrogen-bond acceptors (Lipinski definition) is 5. The quantitative estimate of drug-likeness (QED) is 0.219. The van der Waals surface area contributed by atoms with Gasteiger partial charge < -0.3 is 9.30 Å². The van der Waals surface area contributed by atoms with Crippen molar-refractivity contribution in [1.29, 1.82) is 0 Å². The van der Waals surface area contributed by atoms with E-state index in [4.69, 9.17) is 4.74 Å². The molecule has 0 fully saturated rings. The summed E-state index contributed by atoms with van der Waals surface area (Å²) in [6.45, 7) is 7.92. The van der Waals surface area contributed by atoms with Crippen molar-refractivity contribution in [3.8, 4) is 22.5 Å². The Labute approximate surface area is 223 Å². The maximum absolute atomic E-state index is 12.6. The van der Waals surface area contributed by atoms with Crippen molar-refractivity contribution >= 4 is 11.5 Å². The van der Waals surface area contributed by atoms with E-state index in [0.717, 1.165) is 60.1 Å². The number of aromatic amines is 1. The summed E-state index contributed by atoms with van der Waals surface area (Å²) in [4.78, 5) is 12.6. The molecule has 2 aromatic carbocycles. The largest absolute Gasteiger partial charge is 0.457 e. The van der Waals surface area contributed by atoms with Gasteiger partial charge in [-0.1, -0.05) is 61.9 Å². The molecule has 1 unspecified atom stereocenters. The van der Waals surface area contributed by atoms with Gasteiger partial charge in [-0.2, -0.15) is 0 Å². The van der Waals surface area contributed by atoms with E-state index in [1.165, 1.54) is 11.3 Å². The van der Waals surface area contributed by atoms with E-state index >= 15 is 0 Å². The van der Waals surface area contributed by atoms with Crippen molar-refractivity contribution in [1.82, 2.24) is 25.2 Å². The summed E-state index contributed by atoms with van der Waals surface area (Å²) in [7, 11) is 0. The van der Waals surface area contributed by atoms with Gasteiger partial charge in [-0.05, 0) is 91.3 Å². The molecule has 38 heavy (non-hydrogen) atoms. The second kappa shape index (κ2) is 10.8. The molecule has 1 aliphatic heterocycles. The molecule has 0 amide bonds. The third-order valence-corrected chi connectivity index (χ3v) is 6.95. The highest BCUT2D eigenvalue weighted by molar-refractivity contribution is 5.91. The van der Waals surface area contributed by atoms with E-state index in [9.17, 15) is 4.79 Å². The molecule has 1 aliphatic rings. The number of aryl methyl sites for hydroxylation is 1. The van der Waals surface area contributed by atoms with Crippen LogP contribution in [-0.4, -0.2) is 36.8 Å². The lowest BCUT2D eigenvalue weighted by molar-refractivity contribution is -0.148. The number of unbranched alkanes of at least 4 members (excludes halogenated alkanes) is 1. The van der Waals surface area contributed by atoms with Crippen molar-refractivity contribution in [2.45, 2.75) is 71.4 Å². The molecule has 0 bridgehead atoms. The minimum Gasteiger partial charge on any atom is -0.457 e. The number of aromatic nitrogens is 5. The minimum absolute atomic E-state index is 0.213. The number of nitrogens with one attached hydrogen (secondary N) is 1. The molecular formula is C31H35N5O2.